The maximum atomic E-state index is 10.4. The minimum atomic E-state index is -0.919. The van der Waals surface area contributed by atoms with E-state index >= 15 is 0 Å². The van der Waals surface area contributed by atoms with Crippen LogP contribution in [0.25, 0.3) is 0 Å². The molecule has 0 bridgehead atoms. The maximum Gasteiger partial charge on any atom is 0.328 e. The minimum Gasteiger partial charge on any atom is -0.478 e. The Labute approximate surface area is 123 Å². The van der Waals surface area contributed by atoms with Crippen LogP contribution in [0.2, 0.25) is 10.0 Å². The van der Waals surface area contributed by atoms with Gasteiger partial charge in [0, 0.05) is 6.08 Å². The van der Waals surface area contributed by atoms with Gasteiger partial charge in [0.15, 0.2) is 0 Å². The fourth-order valence-corrected chi connectivity index (χ4v) is 1.95. The molecule has 0 aliphatic rings. The van der Waals surface area contributed by atoms with Crippen molar-refractivity contribution < 1.29 is 9.90 Å². The molecule has 4 heteroatoms. The third kappa shape index (κ3) is 6.46. The number of hydrogen-bond acceptors (Lipinski definition) is 1. The standard InChI is InChI=1S/C15H16Cl2O2/c1-11(9-15(18)19)5-3-2-4-6-12-7-8-13(16)14(17)10-12/h3,5,7-10H,2,4,6H2,1H3,(H,18,19). The molecule has 0 heterocycles. The number of halogens is 2. The summed E-state index contributed by atoms with van der Waals surface area (Å²) >= 11 is 11.8. The summed E-state index contributed by atoms with van der Waals surface area (Å²) in [6.45, 7) is 1.77. The lowest BCUT2D eigenvalue weighted by Gasteiger charge is -2.01. The first kappa shape index (κ1) is 15.8. The zero-order valence-electron chi connectivity index (χ0n) is 10.7. The molecular weight excluding hydrogens is 283 g/mol. The molecule has 0 aromatic heterocycles. The van der Waals surface area contributed by atoms with Gasteiger partial charge in [0.05, 0.1) is 10.0 Å². The number of benzene rings is 1. The van der Waals surface area contributed by atoms with E-state index in [0.717, 1.165) is 30.4 Å². The summed E-state index contributed by atoms with van der Waals surface area (Å²) in [5, 5.41) is 9.70. The zero-order chi connectivity index (χ0) is 14.3. The topological polar surface area (TPSA) is 37.3 Å². The number of hydrogen-bond donors (Lipinski definition) is 1. The molecule has 0 spiro atoms. The highest BCUT2D eigenvalue weighted by molar-refractivity contribution is 6.42. The fourth-order valence-electron chi connectivity index (χ4n) is 1.63. The predicted molar refractivity (Wildman–Crippen MR) is 79.9 cm³/mol. The van der Waals surface area contributed by atoms with E-state index in [4.69, 9.17) is 28.3 Å². The van der Waals surface area contributed by atoms with Crippen molar-refractivity contribution in [3.63, 3.8) is 0 Å². The van der Waals surface area contributed by atoms with Gasteiger partial charge in [0.2, 0.25) is 0 Å². The summed E-state index contributed by atoms with van der Waals surface area (Å²) in [5.41, 5.74) is 1.89. The molecule has 0 aliphatic heterocycles. The number of unbranched alkanes of at least 4 members (excludes halogenated alkanes) is 1. The maximum absolute atomic E-state index is 10.4. The molecule has 19 heavy (non-hydrogen) atoms. The molecule has 0 amide bonds. The molecule has 102 valence electrons. The second-order valence-corrected chi connectivity index (χ2v) is 5.08. The number of aryl methyl sites for hydroxylation is 1. The second kappa shape index (κ2) is 8.03. The summed E-state index contributed by atoms with van der Waals surface area (Å²) < 4.78 is 0. The molecule has 1 rings (SSSR count). The van der Waals surface area contributed by atoms with Crippen molar-refractivity contribution in [1.29, 1.82) is 0 Å². The number of carboxylic acids is 1. The van der Waals surface area contributed by atoms with E-state index in [2.05, 4.69) is 0 Å². The van der Waals surface area contributed by atoms with Crippen LogP contribution in [0.15, 0.2) is 42.0 Å². The van der Waals surface area contributed by atoms with E-state index in [-0.39, 0.29) is 0 Å². The molecule has 1 aromatic rings. The number of allylic oxidation sites excluding steroid dienone is 3. The van der Waals surface area contributed by atoms with Crippen LogP contribution in [-0.4, -0.2) is 11.1 Å². The van der Waals surface area contributed by atoms with Crippen molar-refractivity contribution in [2.24, 2.45) is 0 Å². The highest BCUT2D eigenvalue weighted by atomic mass is 35.5. The summed E-state index contributed by atoms with van der Waals surface area (Å²) in [6, 6.07) is 5.64. The van der Waals surface area contributed by atoms with Crippen LogP contribution in [0.3, 0.4) is 0 Å². The van der Waals surface area contributed by atoms with Crippen molar-refractivity contribution >= 4 is 29.2 Å². The molecule has 0 saturated carbocycles. The van der Waals surface area contributed by atoms with Crippen LogP contribution in [0.5, 0.6) is 0 Å². The third-order valence-corrected chi connectivity index (χ3v) is 3.29. The van der Waals surface area contributed by atoms with E-state index < -0.39 is 5.97 Å². The van der Waals surface area contributed by atoms with Crippen molar-refractivity contribution in [1.82, 2.24) is 0 Å². The van der Waals surface area contributed by atoms with Crippen molar-refractivity contribution in [3.05, 3.63) is 57.6 Å². The van der Waals surface area contributed by atoms with Crippen LogP contribution < -0.4 is 0 Å². The lowest BCUT2D eigenvalue weighted by atomic mass is 10.1. The first-order valence-corrected chi connectivity index (χ1v) is 6.76. The average molecular weight is 299 g/mol. The first-order chi connectivity index (χ1) is 8.99. The zero-order valence-corrected chi connectivity index (χ0v) is 12.2. The average Bonchev–Trinajstić information content (AvgIpc) is 2.32. The summed E-state index contributed by atoms with van der Waals surface area (Å²) in [7, 11) is 0. The Morgan fingerprint density at radius 3 is 2.68 bits per heavy atom. The normalized spacial score (nSPS) is 12.1. The van der Waals surface area contributed by atoms with Gasteiger partial charge in [0.25, 0.3) is 0 Å². The number of carboxylic acid groups (broad SMARTS) is 1. The first-order valence-electron chi connectivity index (χ1n) is 6.00. The summed E-state index contributed by atoms with van der Waals surface area (Å²) in [5.74, 6) is -0.919. The molecule has 1 N–H and O–H groups in total. The molecule has 0 unspecified atom stereocenters. The lowest BCUT2D eigenvalue weighted by Crippen LogP contribution is -1.88. The third-order valence-electron chi connectivity index (χ3n) is 2.55. The van der Waals surface area contributed by atoms with E-state index in [9.17, 15) is 4.79 Å². The highest BCUT2D eigenvalue weighted by Crippen LogP contribution is 2.23. The van der Waals surface area contributed by atoms with Gasteiger partial charge in [-0.15, -0.1) is 0 Å². The Morgan fingerprint density at radius 2 is 2.05 bits per heavy atom. The number of rotatable bonds is 6. The van der Waals surface area contributed by atoms with E-state index in [1.807, 2.05) is 24.3 Å². The van der Waals surface area contributed by atoms with Gasteiger partial charge in [-0.25, -0.2) is 4.79 Å². The van der Waals surface area contributed by atoms with Gasteiger partial charge < -0.3 is 5.11 Å². The number of carbonyl (C=O) groups is 1. The molecule has 0 atom stereocenters. The second-order valence-electron chi connectivity index (χ2n) is 4.27. The van der Waals surface area contributed by atoms with Crippen LogP contribution in [-0.2, 0) is 11.2 Å². The number of aliphatic carboxylic acids is 1. The monoisotopic (exact) mass is 298 g/mol. The van der Waals surface area contributed by atoms with E-state index in [1.165, 1.54) is 6.08 Å². The fraction of sp³-hybridized carbons (Fsp3) is 0.267. The van der Waals surface area contributed by atoms with Crippen LogP contribution in [0.1, 0.15) is 25.3 Å². The summed E-state index contributed by atoms with van der Waals surface area (Å²) in [6.07, 6.45) is 7.79. The van der Waals surface area contributed by atoms with Crippen LogP contribution in [0, 0.1) is 0 Å². The molecule has 0 saturated heterocycles. The Hall–Kier alpha value is -1.25. The van der Waals surface area contributed by atoms with Gasteiger partial charge in [0.1, 0.15) is 0 Å². The van der Waals surface area contributed by atoms with Crippen molar-refractivity contribution in [3.8, 4) is 0 Å². The Balaban J connectivity index is 2.36. The molecular formula is C15H16Cl2O2. The minimum absolute atomic E-state index is 0.569. The van der Waals surface area contributed by atoms with Crippen molar-refractivity contribution in [2.45, 2.75) is 26.2 Å². The Kier molecular flexibility index (Phi) is 6.68. The largest absolute Gasteiger partial charge is 0.478 e. The highest BCUT2D eigenvalue weighted by Gasteiger charge is 1.98. The van der Waals surface area contributed by atoms with Crippen molar-refractivity contribution in [2.75, 3.05) is 0 Å². The van der Waals surface area contributed by atoms with Gasteiger partial charge in [-0.05, 0) is 49.5 Å². The van der Waals surface area contributed by atoms with Gasteiger partial charge >= 0.3 is 5.97 Å². The molecule has 0 radical (unpaired) electrons. The smallest absolute Gasteiger partial charge is 0.328 e. The SMILES string of the molecule is CC(C=CCCCc1ccc(Cl)c(Cl)c1)=CC(=O)O. The Morgan fingerprint density at radius 1 is 1.32 bits per heavy atom. The van der Waals surface area contributed by atoms with E-state index in [0.29, 0.717) is 10.0 Å². The lowest BCUT2D eigenvalue weighted by molar-refractivity contribution is -0.131. The molecule has 0 fully saturated rings. The molecule has 1 aromatic carbocycles. The van der Waals surface area contributed by atoms with Gasteiger partial charge in [-0.2, -0.15) is 0 Å². The molecule has 0 aliphatic carbocycles. The van der Waals surface area contributed by atoms with Gasteiger partial charge in [-0.1, -0.05) is 41.4 Å². The predicted octanol–water partition coefficient (Wildman–Crippen LogP) is 4.90. The van der Waals surface area contributed by atoms with Crippen LogP contribution in [0.4, 0.5) is 0 Å². The quantitative estimate of drug-likeness (QED) is 0.460. The summed E-state index contributed by atoms with van der Waals surface area (Å²) in [4.78, 5) is 10.4. The molecule has 2 nitrogen and oxygen atoms in total. The van der Waals surface area contributed by atoms with Crippen LogP contribution >= 0.6 is 23.2 Å². The van der Waals surface area contributed by atoms with E-state index in [1.54, 1.807) is 13.0 Å². The Bertz CT molecular complexity index is 505. The van der Waals surface area contributed by atoms with Gasteiger partial charge in [-0.3, -0.25) is 0 Å².